The number of hydrogen-bond donors (Lipinski definition) is 2. The van der Waals surface area contributed by atoms with Crippen molar-refractivity contribution in [1.29, 1.82) is 0 Å². The molecule has 0 bridgehead atoms. The van der Waals surface area contributed by atoms with Gasteiger partial charge in [0.05, 0.1) is 5.60 Å². The maximum Gasteiger partial charge on any atom is 0.122 e. The fourth-order valence-corrected chi connectivity index (χ4v) is 0.971. The summed E-state index contributed by atoms with van der Waals surface area (Å²) in [5.74, 6) is 0. The van der Waals surface area contributed by atoms with Gasteiger partial charge in [-0.25, -0.2) is 0 Å². The zero-order valence-electron chi connectivity index (χ0n) is 6.22. The number of β-amino-alcohol motifs (C(OH)–C–C–N with tert-alkyl or cyclic N) is 1. The molecule has 1 fully saturated rings. The van der Waals surface area contributed by atoms with Crippen LogP contribution in [0.3, 0.4) is 0 Å². The summed E-state index contributed by atoms with van der Waals surface area (Å²) in [7, 11) is 0. The Labute approximate surface area is 51.4 Å². The second-order valence-electron chi connectivity index (χ2n) is 2.71. The summed E-state index contributed by atoms with van der Waals surface area (Å²) < 4.78 is 7.20. The van der Waals surface area contributed by atoms with Crippen molar-refractivity contribution in [2.45, 2.75) is 25.4 Å². The zero-order valence-corrected chi connectivity index (χ0v) is 5.22. The van der Waals surface area contributed by atoms with E-state index in [0.29, 0.717) is 6.54 Å². The van der Waals surface area contributed by atoms with Gasteiger partial charge in [0.2, 0.25) is 0 Å². The van der Waals surface area contributed by atoms with Crippen molar-refractivity contribution in [1.82, 2.24) is 5.31 Å². The van der Waals surface area contributed by atoms with Gasteiger partial charge in [-0.05, 0) is 26.3 Å². The molecule has 1 atom stereocenters. The first kappa shape index (κ1) is 4.77. The van der Waals surface area contributed by atoms with Gasteiger partial charge in [-0.15, -0.1) is 0 Å². The van der Waals surface area contributed by atoms with Crippen molar-refractivity contribution in [3.63, 3.8) is 0 Å². The molecule has 0 spiro atoms. The maximum absolute atomic E-state index is 9.38. The minimum absolute atomic E-state index is 0.493. The first-order valence-corrected chi connectivity index (χ1v) is 3.06. The lowest BCUT2D eigenvalue weighted by atomic mass is 9.97. The summed E-state index contributed by atoms with van der Waals surface area (Å²) in [4.78, 5) is 0. The Morgan fingerprint density at radius 3 is 3.00 bits per heavy atom. The Morgan fingerprint density at radius 1 is 1.88 bits per heavy atom. The molecule has 0 radical (unpaired) electrons. The van der Waals surface area contributed by atoms with Gasteiger partial charge in [-0.3, -0.25) is 0 Å². The van der Waals surface area contributed by atoms with Crippen LogP contribution in [-0.4, -0.2) is 23.8 Å². The third-order valence-corrected chi connectivity index (χ3v) is 1.48. The Hall–Kier alpha value is -0.0800. The summed E-state index contributed by atoms with van der Waals surface area (Å²) in [6, 6.07) is 0. The largest absolute Gasteiger partial charge is 0.389 e. The van der Waals surface area contributed by atoms with E-state index in [0.717, 1.165) is 19.4 Å². The van der Waals surface area contributed by atoms with Gasteiger partial charge in [-0.2, -0.15) is 0 Å². The van der Waals surface area contributed by atoms with Crippen LogP contribution in [0.4, 0.5) is 0 Å². The van der Waals surface area contributed by atoms with Crippen molar-refractivity contribution >= 4 is 0 Å². The maximum atomic E-state index is 9.38. The molecule has 0 aromatic rings. The molecule has 2 heteroatoms. The fraction of sp³-hybridized carbons (Fsp3) is 1.00. The van der Waals surface area contributed by atoms with Crippen LogP contribution in [0, 0.1) is 0 Å². The molecule has 1 rings (SSSR count). The van der Waals surface area contributed by atoms with E-state index in [9.17, 15) is 5.11 Å². The summed E-state index contributed by atoms with van der Waals surface area (Å²) in [5, 5.41) is 10.8. The number of hydrogen-bond acceptors (Lipinski definition) is 2. The predicted octanol–water partition coefficient (Wildman–Crippen LogP) is 0.121. The standard InChI is InChI=1S/C6H13NO/c1-6(8)3-2-4-7-5-6/h7-8H,2-5H2,1H3/i/hD. The van der Waals surface area contributed by atoms with Crippen LogP contribution in [0.1, 0.15) is 19.8 Å². The lowest BCUT2D eigenvalue weighted by Crippen LogP contribution is -2.42. The molecular weight excluding hydrogens is 102 g/mol. The molecule has 0 saturated carbocycles. The van der Waals surface area contributed by atoms with Crippen molar-refractivity contribution in [3.8, 4) is 0 Å². The molecule has 8 heavy (non-hydrogen) atoms. The molecule has 1 aliphatic rings. The molecule has 1 unspecified atom stereocenters. The highest BCUT2D eigenvalue weighted by molar-refractivity contribution is 4.79. The van der Waals surface area contributed by atoms with Gasteiger partial charge in [0.25, 0.3) is 0 Å². The first-order chi connectivity index (χ1) is 4.10. The molecule has 2 N–H and O–H groups in total. The van der Waals surface area contributed by atoms with E-state index in [2.05, 4.69) is 0 Å². The Morgan fingerprint density at radius 2 is 2.62 bits per heavy atom. The molecule has 0 aromatic carbocycles. The number of piperidine rings is 1. The van der Waals surface area contributed by atoms with Gasteiger partial charge in [0.15, 0.2) is 0 Å². The second-order valence-corrected chi connectivity index (χ2v) is 2.71. The minimum atomic E-state index is -0.611. The van der Waals surface area contributed by atoms with Crippen LogP contribution < -0.4 is 5.31 Å². The van der Waals surface area contributed by atoms with Crippen molar-refractivity contribution in [3.05, 3.63) is 0 Å². The van der Waals surface area contributed by atoms with Gasteiger partial charge >= 0.3 is 0 Å². The first-order valence-electron chi connectivity index (χ1n) is 3.51. The molecule has 2 nitrogen and oxygen atoms in total. The highest BCUT2D eigenvalue weighted by Crippen LogP contribution is 2.13. The third-order valence-electron chi connectivity index (χ3n) is 1.48. The van der Waals surface area contributed by atoms with E-state index in [1.54, 1.807) is 6.92 Å². The smallest absolute Gasteiger partial charge is 0.122 e. The average Bonchev–Trinajstić information content (AvgIpc) is 1.60. The summed E-state index contributed by atoms with van der Waals surface area (Å²) in [6.45, 7) is 3.08. The quantitative estimate of drug-likeness (QED) is 0.471. The fourth-order valence-electron chi connectivity index (χ4n) is 0.971. The summed E-state index contributed by atoms with van der Waals surface area (Å²) >= 11 is 0. The second kappa shape index (κ2) is 2.03. The minimum Gasteiger partial charge on any atom is -0.389 e. The number of nitrogens with one attached hydrogen (secondary N) is 1. The van der Waals surface area contributed by atoms with E-state index in [-0.39, 0.29) is 0 Å². The van der Waals surface area contributed by atoms with E-state index < -0.39 is 5.60 Å². The highest BCUT2D eigenvalue weighted by atomic mass is 16.3. The predicted molar refractivity (Wildman–Crippen MR) is 32.7 cm³/mol. The van der Waals surface area contributed by atoms with Gasteiger partial charge < -0.3 is 10.4 Å². The molecule has 0 aliphatic carbocycles. The van der Waals surface area contributed by atoms with Crippen LogP contribution in [0.15, 0.2) is 0 Å². The Balaban J connectivity index is 2.41. The van der Waals surface area contributed by atoms with E-state index >= 15 is 0 Å². The number of aliphatic hydroxyl groups is 1. The van der Waals surface area contributed by atoms with E-state index in [1.807, 2.05) is 0 Å². The molecule has 1 saturated heterocycles. The van der Waals surface area contributed by atoms with E-state index in [1.165, 1.54) is 5.31 Å². The van der Waals surface area contributed by atoms with Crippen LogP contribution >= 0.6 is 0 Å². The monoisotopic (exact) mass is 116 g/mol. The van der Waals surface area contributed by atoms with Crippen LogP contribution in [0.25, 0.3) is 0 Å². The van der Waals surface area contributed by atoms with Crippen LogP contribution in [-0.2, 0) is 0 Å². The molecule has 48 valence electrons. The summed E-state index contributed by atoms with van der Waals surface area (Å²) in [5.41, 5.74) is -0.611. The van der Waals surface area contributed by atoms with Crippen molar-refractivity contribution in [2.75, 3.05) is 13.1 Å². The molecule has 0 aromatic heterocycles. The van der Waals surface area contributed by atoms with Gasteiger partial charge in [0.1, 0.15) is 1.41 Å². The Bertz CT molecular complexity index is 105. The average molecular weight is 116 g/mol. The lowest BCUT2D eigenvalue weighted by molar-refractivity contribution is 0.0351. The van der Waals surface area contributed by atoms with Crippen molar-refractivity contribution < 1.29 is 6.52 Å². The zero-order chi connectivity index (χ0) is 6.91. The molecule has 1 aliphatic heterocycles. The topological polar surface area (TPSA) is 32.3 Å². The number of rotatable bonds is 0. The highest BCUT2D eigenvalue weighted by Gasteiger charge is 2.21. The normalized spacial score (nSPS) is 44.0. The molecule has 0 amide bonds. The molecule has 1 heterocycles. The Kier molecular flexibility index (Phi) is 1.21. The summed E-state index contributed by atoms with van der Waals surface area (Å²) in [6.07, 6.45) is 1.78. The SMILES string of the molecule is [2H]N1CCCC(C)(O)C1. The third kappa shape index (κ3) is 1.46. The van der Waals surface area contributed by atoms with Crippen molar-refractivity contribution in [2.24, 2.45) is 0 Å². The van der Waals surface area contributed by atoms with Gasteiger partial charge in [-0.1, -0.05) is 0 Å². The van der Waals surface area contributed by atoms with Crippen LogP contribution in [0.2, 0.25) is 1.41 Å². The lowest BCUT2D eigenvalue weighted by Gasteiger charge is -2.28. The van der Waals surface area contributed by atoms with E-state index in [4.69, 9.17) is 1.41 Å². The van der Waals surface area contributed by atoms with Gasteiger partial charge in [0, 0.05) is 6.54 Å². The molecular formula is C6H13NO. The van der Waals surface area contributed by atoms with Crippen LogP contribution in [0.5, 0.6) is 0 Å².